The van der Waals surface area contributed by atoms with Crippen LogP contribution in [0.15, 0.2) is 47.4 Å². The van der Waals surface area contributed by atoms with E-state index in [9.17, 15) is 22.6 Å². The van der Waals surface area contributed by atoms with E-state index in [1.807, 2.05) is 0 Å². The van der Waals surface area contributed by atoms with E-state index >= 15 is 0 Å². The van der Waals surface area contributed by atoms with Crippen molar-refractivity contribution in [2.24, 2.45) is 0 Å². The minimum absolute atomic E-state index is 0.0670. The highest BCUT2D eigenvalue weighted by Gasteiger charge is 2.23. The van der Waals surface area contributed by atoms with Gasteiger partial charge in [0.15, 0.2) is 0 Å². The Morgan fingerprint density at radius 3 is 1.29 bits per heavy atom. The second-order valence-corrected chi connectivity index (χ2v) is 14.3. The maximum absolute atomic E-state index is 12.9. The third kappa shape index (κ3) is 23.0. The van der Waals surface area contributed by atoms with Gasteiger partial charge in [-0.05, 0) is 82.4 Å². The molecule has 0 saturated carbocycles. The van der Waals surface area contributed by atoms with E-state index in [-0.39, 0.29) is 24.3 Å². The summed E-state index contributed by atoms with van der Waals surface area (Å²) >= 11 is 0. The molecule has 1 rings (SSSR count). The largest absolute Gasteiger partial charge is 0.462 e. The summed E-state index contributed by atoms with van der Waals surface area (Å²) in [5.74, 6) is -1.51. The fourth-order valence-electron chi connectivity index (χ4n) is 5.51. The minimum atomic E-state index is -4.56. The molecule has 0 atom stereocenters. The summed E-state index contributed by atoms with van der Waals surface area (Å²) in [6.45, 7) is 4.83. The first-order valence-corrected chi connectivity index (χ1v) is 20.5. The van der Waals surface area contributed by atoms with Crippen molar-refractivity contribution in [3.8, 4) is 0 Å². The molecule has 0 radical (unpaired) electrons. The van der Waals surface area contributed by atoms with Gasteiger partial charge in [0.05, 0.1) is 29.2 Å². The molecule has 1 aromatic carbocycles. The number of carbonyl (C=O) groups is 2. The van der Waals surface area contributed by atoms with Crippen LogP contribution in [0.3, 0.4) is 0 Å². The summed E-state index contributed by atoms with van der Waals surface area (Å²) in [7, 11) is -4.56. The first-order valence-electron chi connectivity index (χ1n) is 19.1. The van der Waals surface area contributed by atoms with Crippen molar-refractivity contribution >= 4 is 22.1 Å². The van der Waals surface area contributed by atoms with Crippen LogP contribution in [-0.4, -0.2) is 38.1 Å². The topological polar surface area (TPSA) is 107 Å². The molecule has 8 heteroatoms. The van der Waals surface area contributed by atoms with E-state index in [4.69, 9.17) is 9.47 Å². The van der Waals surface area contributed by atoms with Gasteiger partial charge in [-0.25, -0.2) is 9.59 Å². The highest BCUT2D eigenvalue weighted by Crippen LogP contribution is 2.20. The van der Waals surface area contributed by atoms with Gasteiger partial charge in [0, 0.05) is 0 Å². The van der Waals surface area contributed by atoms with Crippen LogP contribution in [0.1, 0.15) is 189 Å². The molecule has 0 amide bonds. The summed E-state index contributed by atoms with van der Waals surface area (Å²) in [6, 6.07) is 3.27. The number of carbonyl (C=O) groups excluding carboxylic acids is 2. The lowest BCUT2D eigenvalue weighted by molar-refractivity contribution is 0.0450. The Labute approximate surface area is 293 Å². The number of allylic oxidation sites excluding steroid dienone is 4. The van der Waals surface area contributed by atoms with Gasteiger partial charge in [-0.2, -0.15) is 8.42 Å². The van der Waals surface area contributed by atoms with E-state index < -0.39 is 27.0 Å². The molecule has 0 aliphatic rings. The van der Waals surface area contributed by atoms with Crippen LogP contribution in [0.2, 0.25) is 0 Å². The molecular formula is C40H66O7S. The zero-order valence-electron chi connectivity index (χ0n) is 30.2. The third-order valence-electron chi connectivity index (χ3n) is 8.51. The first kappa shape index (κ1) is 43.6. The number of esters is 2. The smallest absolute Gasteiger partial charge is 0.339 e. The Morgan fingerprint density at radius 1 is 0.542 bits per heavy atom. The van der Waals surface area contributed by atoms with Gasteiger partial charge in [-0.1, -0.05) is 128 Å². The summed E-state index contributed by atoms with van der Waals surface area (Å²) in [4.78, 5) is 25.2. The molecule has 274 valence electrons. The Morgan fingerprint density at radius 2 is 0.896 bits per heavy atom. The predicted molar refractivity (Wildman–Crippen MR) is 197 cm³/mol. The predicted octanol–water partition coefficient (Wildman–Crippen LogP) is 11.8. The molecule has 0 aliphatic heterocycles. The average molecular weight is 691 g/mol. The lowest BCUT2D eigenvalue weighted by atomic mass is 10.1. The van der Waals surface area contributed by atoms with E-state index in [2.05, 4.69) is 38.2 Å². The fourth-order valence-corrected chi connectivity index (χ4v) is 6.01. The van der Waals surface area contributed by atoms with Crippen LogP contribution in [0.4, 0.5) is 0 Å². The highest BCUT2D eigenvalue weighted by atomic mass is 32.2. The van der Waals surface area contributed by atoms with Crippen molar-refractivity contribution in [2.45, 2.75) is 173 Å². The Balaban J connectivity index is 2.31. The Kier molecular flexibility index (Phi) is 26.7. The van der Waals surface area contributed by atoms with E-state index in [0.29, 0.717) is 12.8 Å². The quantitative estimate of drug-likeness (QED) is 0.0357. The second-order valence-electron chi connectivity index (χ2n) is 12.9. The number of benzene rings is 1. The maximum Gasteiger partial charge on any atom is 0.339 e. The normalized spacial score (nSPS) is 11.9. The molecule has 0 saturated heterocycles. The monoisotopic (exact) mass is 690 g/mol. The molecule has 1 N–H and O–H groups in total. The van der Waals surface area contributed by atoms with Crippen molar-refractivity contribution in [1.82, 2.24) is 0 Å². The Bertz CT molecular complexity index is 1140. The fraction of sp³-hybridized carbons (Fsp3) is 0.700. The number of ether oxygens (including phenoxy) is 2. The second kappa shape index (κ2) is 29.5. The van der Waals surface area contributed by atoms with Crippen LogP contribution in [0.25, 0.3) is 0 Å². The summed E-state index contributed by atoms with van der Waals surface area (Å²) in [6.07, 6.45) is 36.6. The zero-order valence-corrected chi connectivity index (χ0v) is 31.0. The Hall–Kier alpha value is -2.45. The number of hydrogen-bond donors (Lipinski definition) is 1. The molecule has 0 aliphatic carbocycles. The maximum atomic E-state index is 12.9. The third-order valence-corrected chi connectivity index (χ3v) is 9.36. The molecule has 7 nitrogen and oxygen atoms in total. The van der Waals surface area contributed by atoms with Crippen LogP contribution in [0, 0.1) is 0 Å². The van der Waals surface area contributed by atoms with Gasteiger partial charge < -0.3 is 9.47 Å². The number of hydrogen-bond acceptors (Lipinski definition) is 6. The van der Waals surface area contributed by atoms with E-state index in [1.54, 1.807) is 0 Å². The van der Waals surface area contributed by atoms with Gasteiger partial charge in [0.1, 0.15) is 0 Å². The van der Waals surface area contributed by atoms with Crippen molar-refractivity contribution in [2.75, 3.05) is 13.2 Å². The molecule has 0 bridgehead atoms. The average Bonchev–Trinajstić information content (AvgIpc) is 3.07. The van der Waals surface area contributed by atoms with Crippen LogP contribution in [-0.2, 0) is 19.6 Å². The van der Waals surface area contributed by atoms with Crippen molar-refractivity contribution < 1.29 is 32.0 Å². The number of rotatable bonds is 31. The van der Waals surface area contributed by atoms with Crippen LogP contribution in [0.5, 0.6) is 0 Å². The molecule has 0 unspecified atom stereocenters. The van der Waals surface area contributed by atoms with E-state index in [1.165, 1.54) is 96.0 Å². The minimum Gasteiger partial charge on any atom is -0.462 e. The van der Waals surface area contributed by atoms with Gasteiger partial charge in [0.2, 0.25) is 0 Å². The van der Waals surface area contributed by atoms with Gasteiger partial charge in [0.25, 0.3) is 10.1 Å². The molecule has 0 aromatic heterocycles. The summed E-state index contributed by atoms with van der Waals surface area (Å²) < 4.78 is 43.7. The van der Waals surface area contributed by atoms with Crippen LogP contribution >= 0.6 is 0 Å². The molecule has 48 heavy (non-hydrogen) atoms. The van der Waals surface area contributed by atoms with Crippen molar-refractivity contribution in [3.05, 3.63) is 53.6 Å². The van der Waals surface area contributed by atoms with Gasteiger partial charge in [-0.15, -0.1) is 0 Å². The van der Waals surface area contributed by atoms with Crippen molar-refractivity contribution in [1.29, 1.82) is 0 Å². The standard InChI is InChI=1S/C40H66O7S/c1-3-5-7-9-11-13-15-17-19-21-23-25-27-29-33-46-39(41)37-32-31-36(48(43,44)45)35-38(37)40(42)47-34-30-28-26-24-22-20-18-16-14-12-10-8-6-4-2/h11-14,31-32,35H,3-10,15-30,33-34H2,1-2H3,(H,43,44,45)/b13-11+,14-12+. The molecular weight excluding hydrogens is 624 g/mol. The molecule has 0 spiro atoms. The SMILES string of the molecule is CCCCC/C=C/CCCCCCCCCOC(=O)c1ccc(S(=O)(=O)O)cc1C(=O)OCCCCCCCCC/C=C/CCCCC. The summed E-state index contributed by atoms with van der Waals surface area (Å²) in [5, 5.41) is 0. The number of unbranched alkanes of at least 4 members (excludes halogenated alkanes) is 20. The van der Waals surface area contributed by atoms with Crippen molar-refractivity contribution in [3.63, 3.8) is 0 Å². The molecule has 0 fully saturated rings. The van der Waals surface area contributed by atoms with E-state index in [0.717, 1.165) is 63.5 Å². The molecule has 0 heterocycles. The summed E-state index contributed by atoms with van der Waals surface area (Å²) in [5.41, 5.74) is -0.284. The lowest BCUT2D eigenvalue weighted by Crippen LogP contribution is -2.16. The lowest BCUT2D eigenvalue weighted by Gasteiger charge is -2.11. The van der Waals surface area contributed by atoms with Gasteiger partial charge in [-0.3, -0.25) is 4.55 Å². The highest BCUT2D eigenvalue weighted by molar-refractivity contribution is 7.85. The van der Waals surface area contributed by atoms with Gasteiger partial charge >= 0.3 is 11.9 Å². The zero-order chi connectivity index (χ0) is 35.1. The van der Waals surface area contributed by atoms with Crippen LogP contribution < -0.4 is 0 Å². The molecule has 1 aromatic rings. The first-order chi connectivity index (χ1) is 23.3.